The van der Waals surface area contributed by atoms with E-state index in [2.05, 4.69) is 16.7 Å². The molecule has 1 aromatic carbocycles. The van der Waals surface area contributed by atoms with Gasteiger partial charge in [0.05, 0.1) is 6.04 Å². The van der Waals surface area contributed by atoms with Crippen molar-refractivity contribution in [2.24, 2.45) is 5.73 Å². The fourth-order valence-electron chi connectivity index (χ4n) is 2.47. The van der Waals surface area contributed by atoms with E-state index >= 15 is 0 Å². The molecule has 0 spiro atoms. The molecule has 0 saturated carbocycles. The van der Waals surface area contributed by atoms with E-state index in [1.807, 2.05) is 24.3 Å². The second-order valence-corrected chi connectivity index (χ2v) is 4.65. The van der Waals surface area contributed by atoms with Crippen LogP contribution in [-0.4, -0.2) is 35.1 Å². The molecule has 1 heterocycles. The number of likely N-dealkylation sites (tertiary alicyclic amines) is 1. The Kier molecular flexibility index (Phi) is 4.56. The number of amides is 1. The number of nitrogens with two attached hydrogens (primary N) is 1. The quantitative estimate of drug-likeness (QED) is 0.775. The largest absolute Gasteiger partial charge is 0.384 e. The monoisotopic (exact) mass is 258 g/mol. The average molecular weight is 258 g/mol. The summed E-state index contributed by atoms with van der Waals surface area (Å²) in [6.07, 6.45) is 1.83. The van der Waals surface area contributed by atoms with Crippen molar-refractivity contribution < 1.29 is 9.90 Å². The van der Waals surface area contributed by atoms with E-state index in [4.69, 9.17) is 10.8 Å². The summed E-state index contributed by atoms with van der Waals surface area (Å²) in [5.74, 6) is 5.34. The molecule has 0 bridgehead atoms. The van der Waals surface area contributed by atoms with Gasteiger partial charge in [-0.3, -0.25) is 9.69 Å². The molecule has 0 aromatic heterocycles. The minimum Gasteiger partial charge on any atom is -0.384 e. The summed E-state index contributed by atoms with van der Waals surface area (Å²) in [7, 11) is 0. The molecule has 1 unspecified atom stereocenters. The number of hydrogen-bond donors (Lipinski definition) is 2. The van der Waals surface area contributed by atoms with Crippen LogP contribution in [0.5, 0.6) is 0 Å². The molecule has 19 heavy (non-hydrogen) atoms. The third-order valence-electron chi connectivity index (χ3n) is 3.38. The number of carbonyl (C=O) groups is 1. The lowest BCUT2D eigenvalue weighted by Gasteiger charge is -2.22. The third-order valence-corrected chi connectivity index (χ3v) is 3.38. The molecule has 3 N–H and O–H groups in total. The maximum absolute atomic E-state index is 11.4. The number of aliphatic hydroxyl groups is 1. The molecule has 4 heteroatoms. The zero-order chi connectivity index (χ0) is 13.7. The first kappa shape index (κ1) is 13.6. The number of rotatable bonds is 3. The van der Waals surface area contributed by atoms with Gasteiger partial charge in [0.25, 0.3) is 0 Å². The smallest absolute Gasteiger partial charge is 0.234 e. The third kappa shape index (κ3) is 3.34. The lowest BCUT2D eigenvalue weighted by Crippen LogP contribution is -2.39. The highest BCUT2D eigenvalue weighted by Gasteiger charge is 2.28. The molecule has 1 fully saturated rings. The minimum atomic E-state index is -0.253. The molecule has 2 rings (SSSR count). The summed E-state index contributed by atoms with van der Waals surface area (Å²) in [5, 5.41) is 8.77. The Balaban J connectivity index is 2.16. The van der Waals surface area contributed by atoms with Gasteiger partial charge in [-0.05, 0) is 31.0 Å². The van der Waals surface area contributed by atoms with Crippen molar-refractivity contribution in [3.8, 4) is 11.8 Å². The molecule has 4 nitrogen and oxygen atoms in total. The van der Waals surface area contributed by atoms with Crippen LogP contribution in [0.4, 0.5) is 0 Å². The van der Waals surface area contributed by atoms with E-state index in [1.54, 1.807) is 0 Å². The zero-order valence-electron chi connectivity index (χ0n) is 10.8. The molecule has 1 aliphatic rings. The average Bonchev–Trinajstić information content (AvgIpc) is 2.86. The van der Waals surface area contributed by atoms with Crippen molar-refractivity contribution in [1.29, 1.82) is 0 Å². The van der Waals surface area contributed by atoms with Gasteiger partial charge in [-0.2, -0.15) is 0 Å². The summed E-state index contributed by atoms with van der Waals surface area (Å²) >= 11 is 0. The first-order valence-electron chi connectivity index (χ1n) is 6.43. The van der Waals surface area contributed by atoms with Crippen LogP contribution in [0.2, 0.25) is 0 Å². The van der Waals surface area contributed by atoms with Crippen molar-refractivity contribution in [2.75, 3.05) is 13.2 Å². The highest BCUT2D eigenvalue weighted by atomic mass is 16.2. The predicted molar refractivity (Wildman–Crippen MR) is 73.0 cm³/mol. The molecule has 0 radical (unpaired) electrons. The molecule has 1 amide bonds. The first-order valence-corrected chi connectivity index (χ1v) is 6.43. The summed E-state index contributed by atoms with van der Waals surface area (Å²) < 4.78 is 0. The predicted octanol–water partition coefficient (Wildman–Crippen LogP) is 0.480. The number of nitrogens with zero attached hydrogens (tertiary/aromatic N) is 1. The van der Waals surface area contributed by atoms with Crippen molar-refractivity contribution in [2.45, 2.75) is 25.4 Å². The normalized spacial score (nSPS) is 18.9. The van der Waals surface area contributed by atoms with Gasteiger partial charge in [0.1, 0.15) is 6.61 Å². The molecule has 1 saturated heterocycles. The first-order chi connectivity index (χ1) is 9.22. The van der Waals surface area contributed by atoms with E-state index in [9.17, 15) is 4.79 Å². The summed E-state index contributed by atoms with van der Waals surface area (Å²) in [6.45, 7) is 1.40. The summed E-state index contributed by atoms with van der Waals surface area (Å²) in [4.78, 5) is 13.5. The molecule has 1 aromatic rings. The zero-order valence-corrected chi connectivity index (χ0v) is 10.8. The van der Waals surface area contributed by atoms with Gasteiger partial charge >= 0.3 is 0 Å². The highest BCUT2D eigenvalue weighted by Crippen LogP contribution is 2.21. The van der Waals surface area contributed by atoms with Crippen LogP contribution in [0.15, 0.2) is 24.3 Å². The molecular weight excluding hydrogens is 240 g/mol. The lowest BCUT2D eigenvalue weighted by atomic mass is 10.1. The van der Waals surface area contributed by atoms with Gasteiger partial charge in [0.2, 0.25) is 5.91 Å². The van der Waals surface area contributed by atoms with Gasteiger partial charge in [-0.1, -0.05) is 30.0 Å². The Hall–Kier alpha value is -1.83. The maximum atomic E-state index is 11.4. The van der Waals surface area contributed by atoms with Crippen molar-refractivity contribution in [1.82, 2.24) is 4.90 Å². The summed E-state index contributed by atoms with van der Waals surface area (Å²) in [5.41, 5.74) is 7.38. The number of primary amides is 1. The van der Waals surface area contributed by atoms with Crippen LogP contribution < -0.4 is 5.73 Å². The topological polar surface area (TPSA) is 66.6 Å². The van der Waals surface area contributed by atoms with E-state index < -0.39 is 0 Å². The number of aliphatic hydroxyl groups excluding tert-OH is 1. The van der Waals surface area contributed by atoms with Crippen LogP contribution >= 0.6 is 0 Å². The van der Waals surface area contributed by atoms with Crippen LogP contribution in [-0.2, 0) is 11.3 Å². The number of carbonyl (C=O) groups excluding carboxylic acids is 1. The molecule has 100 valence electrons. The molecule has 1 aliphatic heterocycles. The highest BCUT2D eigenvalue weighted by molar-refractivity contribution is 5.80. The fourth-order valence-corrected chi connectivity index (χ4v) is 2.47. The second-order valence-electron chi connectivity index (χ2n) is 4.65. The van der Waals surface area contributed by atoms with E-state index in [1.165, 1.54) is 0 Å². The van der Waals surface area contributed by atoms with Gasteiger partial charge < -0.3 is 10.8 Å². The maximum Gasteiger partial charge on any atom is 0.234 e. The van der Waals surface area contributed by atoms with E-state index in [-0.39, 0.29) is 18.6 Å². The molecular formula is C15H18N2O2. The van der Waals surface area contributed by atoms with Gasteiger partial charge in [0.15, 0.2) is 0 Å². The van der Waals surface area contributed by atoms with Crippen molar-refractivity contribution >= 4 is 5.91 Å². The Morgan fingerprint density at radius 3 is 3.00 bits per heavy atom. The lowest BCUT2D eigenvalue weighted by molar-refractivity contribution is -0.122. The standard InChI is InChI=1S/C15H18N2O2/c16-15(19)14-8-3-9-17(14)11-13-6-2-1-5-12(13)7-4-10-18/h1-2,5-6,14,18H,3,8-11H2,(H2,16,19). The van der Waals surface area contributed by atoms with Crippen molar-refractivity contribution in [3.63, 3.8) is 0 Å². The Bertz CT molecular complexity index is 516. The Labute approximate surface area is 113 Å². The van der Waals surface area contributed by atoms with E-state index in [0.29, 0.717) is 6.54 Å². The number of hydrogen-bond acceptors (Lipinski definition) is 3. The summed E-state index contributed by atoms with van der Waals surface area (Å²) in [6, 6.07) is 7.62. The second kappa shape index (κ2) is 6.37. The molecule has 1 atom stereocenters. The van der Waals surface area contributed by atoms with Crippen molar-refractivity contribution in [3.05, 3.63) is 35.4 Å². The van der Waals surface area contributed by atoms with Crippen LogP contribution in [0.3, 0.4) is 0 Å². The van der Waals surface area contributed by atoms with Gasteiger partial charge in [0, 0.05) is 12.1 Å². The Morgan fingerprint density at radius 2 is 2.26 bits per heavy atom. The van der Waals surface area contributed by atoms with Crippen LogP contribution in [0, 0.1) is 11.8 Å². The van der Waals surface area contributed by atoms with Gasteiger partial charge in [-0.15, -0.1) is 0 Å². The SMILES string of the molecule is NC(=O)C1CCCN1Cc1ccccc1C#CCO. The molecule has 0 aliphatic carbocycles. The van der Waals surface area contributed by atoms with E-state index in [0.717, 1.165) is 30.5 Å². The van der Waals surface area contributed by atoms with Gasteiger partial charge in [-0.25, -0.2) is 0 Å². The minimum absolute atomic E-state index is 0.151. The Morgan fingerprint density at radius 1 is 1.47 bits per heavy atom. The number of benzene rings is 1. The fraction of sp³-hybridized carbons (Fsp3) is 0.400. The van der Waals surface area contributed by atoms with Crippen LogP contribution in [0.25, 0.3) is 0 Å². The van der Waals surface area contributed by atoms with Crippen LogP contribution in [0.1, 0.15) is 24.0 Å².